The summed E-state index contributed by atoms with van der Waals surface area (Å²) in [5, 5.41) is 5.33. The van der Waals surface area contributed by atoms with Crippen molar-refractivity contribution in [2.75, 3.05) is 23.5 Å². The molecule has 2 aromatic rings. The van der Waals surface area contributed by atoms with E-state index >= 15 is 0 Å². The maximum Gasteiger partial charge on any atom is 0.237 e. The highest BCUT2D eigenvalue weighted by atomic mass is 32.2. The lowest BCUT2D eigenvalue weighted by Gasteiger charge is -2.12. The van der Waals surface area contributed by atoms with Gasteiger partial charge in [0.15, 0.2) is 0 Å². The van der Waals surface area contributed by atoms with Crippen molar-refractivity contribution < 1.29 is 14.3 Å². The summed E-state index contributed by atoms with van der Waals surface area (Å²) in [5.41, 5.74) is 2.69. The van der Waals surface area contributed by atoms with Crippen molar-refractivity contribution in [2.24, 2.45) is 0 Å². The Morgan fingerprint density at radius 1 is 1.00 bits per heavy atom. The summed E-state index contributed by atoms with van der Waals surface area (Å²) >= 11 is 1.30. The molecule has 0 heterocycles. The van der Waals surface area contributed by atoms with Gasteiger partial charge in [-0.05, 0) is 55.3 Å². The van der Waals surface area contributed by atoms with Crippen LogP contribution in [0.4, 0.5) is 11.4 Å². The average molecular weight is 372 g/mol. The molecule has 2 aromatic carbocycles. The van der Waals surface area contributed by atoms with Gasteiger partial charge < -0.3 is 15.4 Å². The molecule has 0 aliphatic heterocycles. The van der Waals surface area contributed by atoms with Gasteiger partial charge >= 0.3 is 0 Å². The largest absolute Gasteiger partial charge is 0.497 e. The molecular weight excluding hydrogens is 348 g/mol. The number of hydrogen-bond acceptors (Lipinski definition) is 4. The standard InChI is InChI=1S/C20H24N2O3S/c1-4-15-5-7-16(8-6-15)21-19(23)13-26-14(2)20(24)22-17-9-11-18(25-3)12-10-17/h5-12,14H,4,13H2,1-3H3,(H,21,23)(H,22,24). The minimum absolute atomic E-state index is 0.122. The number of methoxy groups -OCH3 is 1. The lowest BCUT2D eigenvalue weighted by atomic mass is 10.1. The third-order valence-electron chi connectivity index (χ3n) is 3.84. The summed E-state index contributed by atoms with van der Waals surface area (Å²) in [4.78, 5) is 24.3. The Labute approximate surface area is 158 Å². The minimum atomic E-state index is -0.342. The molecular formula is C20H24N2O3S. The van der Waals surface area contributed by atoms with Crippen LogP contribution < -0.4 is 15.4 Å². The highest BCUT2D eigenvalue weighted by molar-refractivity contribution is 8.01. The van der Waals surface area contributed by atoms with E-state index in [1.807, 2.05) is 24.3 Å². The van der Waals surface area contributed by atoms with Crippen molar-refractivity contribution in [1.82, 2.24) is 0 Å². The Kier molecular flexibility index (Phi) is 7.53. The number of carbonyl (C=O) groups is 2. The third kappa shape index (κ3) is 6.11. The number of nitrogens with one attached hydrogen (secondary N) is 2. The molecule has 0 radical (unpaired) electrons. The van der Waals surface area contributed by atoms with Gasteiger partial charge in [-0.2, -0.15) is 0 Å². The molecule has 0 fully saturated rings. The second-order valence-electron chi connectivity index (χ2n) is 5.77. The van der Waals surface area contributed by atoms with E-state index in [0.29, 0.717) is 5.69 Å². The average Bonchev–Trinajstić information content (AvgIpc) is 2.67. The second-order valence-corrected chi connectivity index (χ2v) is 7.10. The van der Waals surface area contributed by atoms with Gasteiger partial charge in [0.1, 0.15) is 5.75 Å². The zero-order valence-corrected chi connectivity index (χ0v) is 16.1. The molecule has 6 heteroatoms. The number of rotatable bonds is 8. The highest BCUT2D eigenvalue weighted by Gasteiger charge is 2.15. The van der Waals surface area contributed by atoms with Crippen LogP contribution in [0.2, 0.25) is 0 Å². The molecule has 1 atom stereocenters. The van der Waals surface area contributed by atoms with Crippen molar-refractivity contribution >= 4 is 35.0 Å². The topological polar surface area (TPSA) is 67.4 Å². The summed E-state index contributed by atoms with van der Waals surface area (Å²) in [6.45, 7) is 3.87. The fraction of sp³-hybridized carbons (Fsp3) is 0.300. The van der Waals surface area contributed by atoms with Crippen LogP contribution in [0.5, 0.6) is 5.75 Å². The monoisotopic (exact) mass is 372 g/mol. The maximum absolute atomic E-state index is 12.2. The van der Waals surface area contributed by atoms with E-state index in [4.69, 9.17) is 4.74 Å². The van der Waals surface area contributed by atoms with Crippen LogP contribution in [-0.2, 0) is 16.0 Å². The van der Waals surface area contributed by atoms with E-state index in [1.165, 1.54) is 17.3 Å². The van der Waals surface area contributed by atoms with Crippen LogP contribution >= 0.6 is 11.8 Å². The minimum Gasteiger partial charge on any atom is -0.497 e. The number of thioether (sulfide) groups is 1. The van der Waals surface area contributed by atoms with Crippen LogP contribution in [-0.4, -0.2) is 29.9 Å². The number of hydrogen-bond donors (Lipinski definition) is 2. The summed E-state index contributed by atoms with van der Waals surface area (Å²) in [5.74, 6) is 0.685. The zero-order chi connectivity index (χ0) is 18.9. The number of anilines is 2. The Morgan fingerprint density at radius 3 is 2.15 bits per heavy atom. The lowest BCUT2D eigenvalue weighted by Crippen LogP contribution is -2.25. The smallest absolute Gasteiger partial charge is 0.237 e. The van der Waals surface area contributed by atoms with Crippen molar-refractivity contribution in [1.29, 1.82) is 0 Å². The third-order valence-corrected chi connectivity index (χ3v) is 4.98. The predicted molar refractivity (Wildman–Crippen MR) is 108 cm³/mol. The molecule has 1 unspecified atom stereocenters. The molecule has 0 aliphatic carbocycles. The van der Waals surface area contributed by atoms with Crippen LogP contribution in [0.25, 0.3) is 0 Å². The number of amides is 2. The van der Waals surface area contributed by atoms with Crippen LogP contribution in [0.15, 0.2) is 48.5 Å². The summed E-state index contributed by atoms with van der Waals surface area (Å²) in [6, 6.07) is 14.9. The second kappa shape index (κ2) is 9.87. The van der Waals surface area contributed by atoms with Crippen molar-refractivity contribution in [2.45, 2.75) is 25.5 Å². The van der Waals surface area contributed by atoms with Crippen LogP contribution in [0, 0.1) is 0 Å². The normalized spacial score (nSPS) is 11.5. The van der Waals surface area contributed by atoms with E-state index in [9.17, 15) is 9.59 Å². The number of carbonyl (C=O) groups excluding carboxylic acids is 2. The molecule has 0 saturated carbocycles. The molecule has 2 rings (SSSR count). The Bertz CT molecular complexity index is 730. The Hall–Kier alpha value is -2.47. The van der Waals surface area contributed by atoms with Crippen molar-refractivity contribution in [3.05, 3.63) is 54.1 Å². The quantitative estimate of drug-likeness (QED) is 0.736. The molecule has 138 valence electrons. The lowest BCUT2D eigenvalue weighted by molar-refractivity contribution is -0.115. The molecule has 2 N–H and O–H groups in total. The molecule has 0 aliphatic rings. The molecule has 5 nitrogen and oxygen atoms in total. The van der Waals surface area contributed by atoms with Crippen LogP contribution in [0.3, 0.4) is 0 Å². The van der Waals surface area contributed by atoms with Gasteiger partial charge in [0.25, 0.3) is 0 Å². The van der Waals surface area contributed by atoms with E-state index in [-0.39, 0.29) is 22.8 Å². The summed E-state index contributed by atoms with van der Waals surface area (Å²) < 4.78 is 5.09. The van der Waals surface area contributed by atoms with Gasteiger partial charge in [-0.3, -0.25) is 9.59 Å². The highest BCUT2D eigenvalue weighted by Crippen LogP contribution is 2.18. The van der Waals surface area contributed by atoms with Crippen molar-refractivity contribution in [3.63, 3.8) is 0 Å². The van der Waals surface area contributed by atoms with Gasteiger partial charge in [-0.1, -0.05) is 19.1 Å². The molecule has 0 bridgehead atoms. The molecule has 0 aromatic heterocycles. The molecule has 0 spiro atoms. The van der Waals surface area contributed by atoms with Crippen molar-refractivity contribution in [3.8, 4) is 5.75 Å². The van der Waals surface area contributed by atoms with Gasteiger partial charge in [0.05, 0.1) is 18.1 Å². The Morgan fingerprint density at radius 2 is 1.58 bits per heavy atom. The molecule has 0 saturated heterocycles. The first-order valence-electron chi connectivity index (χ1n) is 8.47. The molecule has 2 amide bonds. The van der Waals surface area contributed by atoms with Gasteiger partial charge in [-0.25, -0.2) is 0 Å². The first-order valence-corrected chi connectivity index (χ1v) is 9.52. The van der Waals surface area contributed by atoms with E-state index in [2.05, 4.69) is 17.6 Å². The number of ether oxygens (including phenoxy) is 1. The van der Waals surface area contributed by atoms with E-state index in [0.717, 1.165) is 17.9 Å². The number of aryl methyl sites for hydroxylation is 1. The predicted octanol–water partition coefficient (Wildman–Crippen LogP) is 3.96. The SMILES string of the molecule is CCc1ccc(NC(=O)CSC(C)C(=O)Nc2ccc(OC)cc2)cc1. The fourth-order valence-corrected chi connectivity index (χ4v) is 2.90. The van der Waals surface area contributed by atoms with E-state index < -0.39 is 0 Å². The number of benzene rings is 2. The van der Waals surface area contributed by atoms with E-state index in [1.54, 1.807) is 38.3 Å². The zero-order valence-electron chi connectivity index (χ0n) is 15.2. The van der Waals surface area contributed by atoms with Gasteiger partial charge in [-0.15, -0.1) is 11.8 Å². The maximum atomic E-state index is 12.2. The first kappa shape index (κ1) is 19.8. The van der Waals surface area contributed by atoms with Gasteiger partial charge in [0.2, 0.25) is 11.8 Å². The summed E-state index contributed by atoms with van der Waals surface area (Å²) in [6.07, 6.45) is 0.963. The summed E-state index contributed by atoms with van der Waals surface area (Å²) in [7, 11) is 1.59. The first-order chi connectivity index (χ1) is 12.5. The molecule has 26 heavy (non-hydrogen) atoms. The Balaban J connectivity index is 1.77. The van der Waals surface area contributed by atoms with Gasteiger partial charge in [0, 0.05) is 11.4 Å². The fourth-order valence-electron chi connectivity index (χ4n) is 2.22. The van der Waals surface area contributed by atoms with Crippen LogP contribution in [0.1, 0.15) is 19.4 Å².